The third kappa shape index (κ3) is 2.21. The first-order valence-electron chi connectivity index (χ1n) is 6.19. The van der Waals surface area contributed by atoms with E-state index >= 15 is 0 Å². The smallest absolute Gasteiger partial charge is 0.258 e. The maximum Gasteiger partial charge on any atom is 0.258 e. The van der Waals surface area contributed by atoms with Crippen molar-refractivity contribution in [1.29, 1.82) is 0 Å². The van der Waals surface area contributed by atoms with Gasteiger partial charge in [-0.1, -0.05) is 12.1 Å². The largest absolute Gasteiger partial charge is 0.508 e. The maximum atomic E-state index is 12.2. The Hall–Kier alpha value is -2.82. The van der Waals surface area contributed by atoms with Gasteiger partial charge in [0.2, 0.25) is 5.95 Å². The zero-order valence-electron chi connectivity index (χ0n) is 10.8. The topological polar surface area (TPSA) is 78.0 Å². The molecule has 20 heavy (non-hydrogen) atoms. The van der Waals surface area contributed by atoms with E-state index in [1.54, 1.807) is 19.1 Å². The molecule has 0 fully saturated rings. The Bertz CT molecular complexity index is 760. The SMILES string of the molecule is Cc1cc(O)ccc1C(=O)Nc1nc2ccccc2[nH]1. The van der Waals surface area contributed by atoms with Crippen LogP contribution in [0, 0.1) is 6.92 Å². The van der Waals surface area contributed by atoms with Gasteiger partial charge in [0.05, 0.1) is 11.0 Å². The zero-order valence-corrected chi connectivity index (χ0v) is 10.8. The van der Waals surface area contributed by atoms with Crippen molar-refractivity contribution >= 4 is 22.9 Å². The van der Waals surface area contributed by atoms with Gasteiger partial charge >= 0.3 is 0 Å². The summed E-state index contributed by atoms with van der Waals surface area (Å²) in [5, 5.41) is 12.1. The van der Waals surface area contributed by atoms with Crippen LogP contribution in [-0.4, -0.2) is 21.0 Å². The van der Waals surface area contributed by atoms with Crippen LogP contribution in [0.15, 0.2) is 42.5 Å². The second-order valence-corrected chi connectivity index (χ2v) is 4.56. The number of benzene rings is 2. The fourth-order valence-electron chi connectivity index (χ4n) is 2.09. The van der Waals surface area contributed by atoms with Crippen LogP contribution in [0.2, 0.25) is 0 Å². The minimum Gasteiger partial charge on any atom is -0.508 e. The van der Waals surface area contributed by atoms with Crippen molar-refractivity contribution in [2.24, 2.45) is 0 Å². The number of aryl methyl sites for hydroxylation is 1. The number of anilines is 1. The highest BCUT2D eigenvalue weighted by Gasteiger charge is 2.11. The summed E-state index contributed by atoms with van der Waals surface area (Å²) in [5.41, 5.74) is 2.87. The van der Waals surface area contributed by atoms with Crippen LogP contribution in [0.25, 0.3) is 11.0 Å². The van der Waals surface area contributed by atoms with E-state index < -0.39 is 0 Å². The second kappa shape index (κ2) is 4.70. The van der Waals surface area contributed by atoms with E-state index in [1.807, 2.05) is 24.3 Å². The second-order valence-electron chi connectivity index (χ2n) is 4.56. The van der Waals surface area contributed by atoms with Crippen molar-refractivity contribution in [1.82, 2.24) is 9.97 Å². The van der Waals surface area contributed by atoms with Gasteiger partial charge in [0.25, 0.3) is 5.91 Å². The number of H-pyrrole nitrogens is 1. The quantitative estimate of drug-likeness (QED) is 0.668. The Labute approximate surface area is 115 Å². The number of amides is 1. The number of rotatable bonds is 2. The van der Waals surface area contributed by atoms with Crippen LogP contribution in [0.4, 0.5) is 5.95 Å². The number of aromatic amines is 1. The standard InChI is InChI=1S/C15H13N3O2/c1-9-8-10(19)6-7-11(9)14(20)18-15-16-12-4-2-3-5-13(12)17-15/h2-8,19H,1H3,(H2,16,17,18,20). The molecule has 0 saturated heterocycles. The summed E-state index contributed by atoms with van der Waals surface area (Å²) in [6, 6.07) is 12.2. The first kappa shape index (κ1) is 12.2. The zero-order chi connectivity index (χ0) is 14.1. The molecule has 3 aromatic rings. The van der Waals surface area contributed by atoms with Crippen LogP contribution in [0.3, 0.4) is 0 Å². The van der Waals surface area contributed by atoms with Gasteiger partial charge in [0, 0.05) is 5.56 Å². The summed E-state index contributed by atoms with van der Waals surface area (Å²) in [7, 11) is 0. The molecule has 100 valence electrons. The van der Waals surface area contributed by atoms with Gasteiger partial charge in [-0.05, 0) is 42.8 Å². The van der Waals surface area contributed by atoms with Gasteiger partial charge in [0.15, 0.2) is 0 Å². The third-order valence-electron chi connectivity index (χ3n) is 3.08. The van der Waals surface area contributed by atoms with E-state index in [0.717, 1.165) is 11.0 Å². The number of imidazole rings is 1. The number of nitrogens with one attached hydrogen (secondary N) is 2. The Morgan fingerprint density at radius 3 is 2.80 bits per heavy atom. The van der Waals surface area contributed by atoms with Gasteiger partial charge < -0.3 is 10.1 Å². The van der Waals surface area contributed by atoms with Crippen LogP contribution < -0.4 is 5.32 Å². The van der Waals surface area contributed by atoms with E-state index in [-0.39, 0.29) is 11.7 Å². The van der Waals surface area contributed by atoms with Crippen LogP contribution in [-0.2, 0) is 0 Å². The van der Waals surface area contributed by atoms with Crippen molar-refractivity contribution in [2.75, 3.05) is 5.32 Å². The van der Waals surface area contributed by atoms with E-state index in [9.17, 15) is 9.90 Å². The Balaban J connectivity index is 1.88. The number of phenols is 1. The lowest BCUT2D eigenvalue weighted by molar-refractivity contribution is 0.102. The maximum absolute atomic E-state index is 12.2. The number of carbonyl (C=O) groups is 1. The lowest BCUT2D eigenvalue weighted by Crippen LogP contribution is -2.14. The lowest BCUT2D eigenvalue weighted by atomic mass is 10.1. The molecule has 0 aliphatic carbocycles. The normalized spacial score (nSPS) is 10.7. The van der Waals surface area contributed by atoms with Crippen LogP contribution >= 0.6 is 0 Å². The molecular formula is C15H13N3O2. The first-order valence-corrected chi connectivity index (χ1v) is 6.19. The van der Waals surface area contributed by atoms with Crippen LogP contribution in [0.5, 0.6) is 5.75 Å². The molecule has 0 unspecified atom stereocenters. The molecule has 0 aliphatic rings. The molecule has 5 heteroatoms. The number of fused-ring (bicyclic) bond motifs is 1. The van der Waals surface area contributed by atoms with Crippen molar-refractivity contribution in [2.45, 2.75) is 6.92 Å². The molecule has 0 radical (unpaired) electrons. The minimum atomic E-state index is -0.262. The van der Waals surface area contributed by atoms with Gasteiger partial charge in [-0.25, -0.2) is 4.98 Å². The molecule has 0 aliphatic heterocycles. The van der Waals surface area contributed by atoms with E-state index in [4.69, 9.17) is 0 Å². The number of carbonyl (C=O) groups excluding carboxylic acids is 1. The van der Waals surface area contributed by atoms with Crippen molar-refractivity contribution < 1.29 is 9.90 Å². The summed E-state index contributed by atoms with van der Waals surface area (Å²) < 4.78 is 0. The molecule has 1 amide bonds. The van der Waals surface area contributed by atoms with Gasteiger partial charge in [-0.2, -0.15) is 0 Å². The molecule has 0 saturated carbocycles. The van der Waals surface area contributed by atoms with Gasteiger partial charge in [-0.15, -0.1) is 0 Å². The molecule has 3 rings (SSSR count). The average Bonchev–Trinajstić information content (AvgIpc) is 2.80. The number of hydrogen-bond donors (Lipinski definition) is 3. The fraction of sp³-hybridized carbons (Fsp3) is 0.0667. The molecular weight excluding hydrogens is 254 g/mol. The molecule has 0 atom stereocenters. The predicted octanol–water partition coefficient (Wildman–Crippen LogP) is 2.83. The van der Waals surface area contributed by atoms with E-state index in [2.05, 4.69) is 15.3 Å². The average molecular weight is 267 g/mol. The Kier molecular flexibility index (Phi) is 2.87. The monoisotopic (exact) mass is 267 g/mol. The van der Waals surface area contributed by atoms with Gasteiger partial charge in [0.1, 0.15) is 5.75 Å². The van der Waals surface area contributed by atoms with Crippen molar-refractivity contribution in [3.05, 3.63) is 53.6 Å². The molecule has 2 aromatic carbocycles. The number of aromatic nitrogens is 2. The number of aromatic hydroxyl groups is 1. The Morgan fingerprint density at radius 2 is 2.05 bits per heavy atom. The highest BCUT2D eigenvalue weighted by atomic mass is 16.3. The number of phenolic OH excluding ortho intramolecular Hbond substituents is 1. The predicted molar refractivity (Wildman–Crippen MR) is 76.9 cm³/mol. The van der Waals surface area contributed by atoms with Crippen molar-refractivity contribution in [3.8, 4) is 5.75 Å². The minimum absolute atomic E-state index is 0.141. The summed E-state index contributed by atoms with van der Waals surface area (Å²) in [4.78, 5) is 19.5. The number of hydrogen-bond acceptors (Lipinski definition) is 3. The molecule has 0 bridgehead atoms. The fourth-order valence-corrected chi connectivity index (χ4v) is 2.09. The highest BCUT2D eigenvalue weighted by Crippen LogP contribution is 2.18. The van der Waals surface area contributed by atoms with Gasteiger partial charge in [-0.3, -0.25) is 10.1 Å². The summed E-state index contributed by atoms with van der Waals surface area (Å²) in [6.45, 7) is 1.77. The molecule has 3 N–H and O–H groups in total. The van der Waals surface area contributed by atoms with E-state index in [0.29, 0.717) is 17.1 Å². The number of nitrogens with zero attached hydrogens (tertiary/aromatic N) is 1. The van der Waals surface area contributed by atoms with Crippen LogP contribution in [0.1, 0.15) is 15.9 Å². The summed E-state index contributed by atoms with van der Waals surface area (Å²) in [5.74, 6) is 0.285. The molecule has 1 heterocycles. The number of para-hydroxylation sites is 2. The molecule has 1 aromatic heterocycles. The van der Waals surface area contributed by atoms with Crippen molar-refractivity contribution in [3.63, 3.8) is 0 Å². The lowest BCUT2D eigenvalue weighted by Gasteiger charge is -2.05. The Morgan fingerprint density at radius 1 is 1.25 bits per heavy atom. The van der Waals surface area contributed by atoms with E-state index in [1.165, 1.54) is 6.07 Å². The summed E-state index contributed by atoms with van der Waals surface area (Å²) in [6.07, 6.45) is 0. The first-order chi connectivity index (χ1) is 9.63. The summed E-state index contributed by atoms with van der Waals surface area (Å²) >= 11 is 0. The highest BCUT2D eigenvalue weighted by molar-refractivity contribution is 6.05. The molecule has 0 spiro atoms. The third-order valence-corrected chi connectivity index (χ3v) is 3.08. The molecule has 5 nitrogen and oxygen atoms in total.